The molecular weight excluding hydrogens is 344 g/mol. The van der Waals surface area contributed by atoms with E-state index in [-0.39, 0.29) is 0 Å². The molecule has 136 valence electrons. The van der Waals surface area contributed by atoms with E-state index in [2.05, 4.69) is 29.2 Å². The van der Waals surface area contributed by atoms with Crippen LogP contribution in [0.1, 0.15) is 11.1 Å². The lowest BCUT2D eigenvalue weighted by Gasteiger charge is -2.27. The van der Waals surface area contributed by atoms with Gasteiger partial charge in [-0.3, -0.25) is 4.99 Å². The Hall–Kier alpha value is -2.14. The number of benzene rings is 2. The van der Waals surface area contributed by atoms with Crippen LogP contribution >= 0.6 is 11.8 Å². The SMILES string of the molecule is COc1ccc(CC2N=C3SCCN3C2Cc2ccc(OC)cc2)cc1. The van der Waals surface area contributed by atoms with Gasteiger partial charge in [0.2, 0.25) is 0 Å². The molecule has 4 rings (SSSR count). The van der Waals surface area contributed by atoms with Gasteiger partial charge < -0.3 is 14.4 Å². The molecule has 0 radical (unpaired) electrons. The van der Waals surface area contributed by atoms with Gasteiger partial charge in [-0.05, 0) is 48.2 Å². The van der Waals surface area contributed by atoms with Gasteiger partial charge in [0.25, 0.3) is 0 Å². The van der Waals surface area contributed by atoms with Crippen molar-refractivity contribution in [3.63, 3.8) is 0 Å². The van der Waals surface area contributed by atoms with Crippen molar-refractivity contribution in [1.29, 1.82) is 0 Å². The number of nitrogens with zero attached hydrogens (tertiary/aromatic N) is 2. The molecule has 2 unspecified atom stereocenters. The molecule has 2 aliphatic rings. The molecule has 4 nitrogen and oxygen atoms in total. The molecule has 0 aliphatic carbocycles. The highest BCUT2D eigenvalue weighted by Gasteiger charge is 2.38. The minimum atomic E-state index is 0.299. The van der Waals surface area contributed by atoms with Gasteiger partial charge in [-0.1, -0.05) is 36.0 Å². The molecule has 26 heavy (non-hydrogen) atoms. The number of ether oxygens (including phenoxy) is 2. The molecule has 0 spiro atoms. The maximum absolute atomic E-state index is 5.28. The Labute approximate surface area is 159 Å². The van der Waals surface area contributed by atoms with E-state index in [0.29, 0.717) is 12.1 Å². The zero-order valence-electron chi connectivity index (χ0n) is 15.2. The van der Waals surface area contributed by atoms with Crippen LogP contribution in [-0.4, -0.2) is 48.7 Å². The summed E-state index contributed by atoms with van der Waals surface area (Å²) in [6.45, 7) is 1.10. The molecule has 0 aromatic heterocycles. The Balaban J connectivity index is 1.51. The largest absolute Gasteiger partial charge is 0.497 e. The molecule has 2 aromatic rings. The normalized spacial score (nSPS) is 21.5. The van der Waals surface area contributed by atoms with Crippen LogP contribution in [0.2, 0.25) is 0 Å². The lowest BCUT2D eigenvalue weighted by atomic mass is 9.94. The maximum atomic E-state index is 5.28. The Morgan fingerprint density at radius 3 is 2.08 bits per heavy atom. The highest BCUT2D eigenvalue weighted by atomic mass is 32.2. The van der Waals surface area contributed by atoms with Crippen molar-refractivity contribution in [1.82, 2.24) is 4.90 Å². The van der Waals surface area contributed by atoms with Gasteiger partial charge in [-0.2, -0.15) is 0 Å². The minimum absolute atomic E-state index is 0.299. The molecule has 2 atom stereocenters. The monoisotopic (exact) mass is 368 g/mol. The quantitative estimate of drug-likeness (QED) is 0.780. The van der Waals surface area contributed by atoms with Crippen molar-refractivity contribution in [2.45, 2.75) is 24.9 Å². The van der Waals surface area contributed by atoms with Crippen molar-refractivity contribution in [3.05, 3.63) is 59.7 Å². The summed E-state index contributed by atoms with van der Waals surface area (Å²) in [5.41, 5.74) is 2.65. The smallest absolute Gasteiger partial charge is 0.159 e. The Morgan fingerprint density at radius 2 is 1.50 bits per heavy atom. The lowest BCUT2D eigenvalue weighted by Crippen LogP contribution is -2.39. The molecule has 2 aromatic carbocycles. The Kier molecular flexibility index (Phi) is 5.07. The van der Waals surface area contributed by atoms with Crippen LogP contribution in [0.25, 0.3) is 0 Å². The van der Waals surface area contributed by atoms with Crippen molar-refractivity contribution < 1.29 is 9.47 Å². The Morgan fingerprint density at radius 1 is 0.923 bits per heavy atom. The molecular formula is C21H24N2O2S. The molecule has 0 N–H and O–H groups in total. The zero-order valence-corrected chi connectivity index (χ0v) is 16.0. The number of hydrogen-bond donors (Lipinski definition) is 0. The van der Waals surface area contributed by atoms with Crippen molar-refractivity contribution in [2.24, 2.45) is 4.99 Å². The first-order valence-corrected chi connectivity index (χ1v) is 9.98. The number of hydrogen-bond acceptors (Lipinski definition) is 5. The van der Waals surface area contributed by atoms with Crippen LogP contribution in [-0.2, 0) is 12.8 Å². The molecule has 5 heteroatoms. The lowest BCUT2D eigenvalue weighted by molar-refractivity contribution is 0.320. The van der Waals surface area contributed by atoms with Crippen molar-refractivity contribution >= 4 is 16.9 Å². The third-order valence-electron chi connectivity index (χ3n) is 5.14. The Bertz CT molecular complexity index is 774. The molecule has 1 saturated heterocycles. The average Bonchev–Trinajstić information content (AvgIpc) is 3.26. The summed E-state index contributed by atoms with van der Waals surface area (Å²) in [4.78, 5) is 7.55. The van der Waals surface area contributed by atoms with E-state index in [1.54, 1.807) is 14.2 Å². The van der Waals surface area contributed by atoms with E-state index in [1.165, 1.54) is 16.3 Å². The summed E-state index contributed by atoms with van der Waals surface area (Å²) in [5.74, 6) is 2.95. The first-order valence-electron chi connectivity index (χ1n) is 9.00. The third-order valence-corrected chi connectivity index (χ3v) is 6.12. The van der Waals surface area contributed by atoms with Crippen LogP contribution < -0.4 is 9.47 Å². The van der Waals surface area contributed by atoms with Crippen LogP contribution in [0.15, 0.2) is 53.5 Å². The van der Waals surface area contributed by atoms with Gasteiger partial charge in [0.15, 0.2) is 5.17 Å². The average molecular weight is 369 g/mol. The summed E-state index contributed by atoms with van der Waals surface area (Å²) in [7, 11) is 3.41. The summed E-state index contributed by atoms with van der Waals surface area (Å²) < 4.78 is 10.6. The maximum Gasteiger partial charge on any atom is 0.159 e. The summed E-state index contributed by atoms with van der Waals surface area (Å²) in [6, 6.07) is 17.5. The second kappa shape index (κ2) is 7.62. The van der Waals surface area contributed by atoms with Crippen LogP contribution in [0.5, 0.6) is 11.5 Å². The minimum Gasteiger partial charge on any atom is -0.497 e. The van der Waals surface area contributed by atoms with E-state index in [1.807, 2.05) is 36.0 Å². The predicted octanol–water partition coefficient (Wildman–Crippen LogP) is 3.64. The fraction of sp³-hybridized carbons (Fsp3) is 0.381. The molecule has 0 bridgehead atoms. The van der Waals surface area contributed by atoms with E-state index in [9.17, 15) is 0 Å². The van der Waals surface area contributed by atoms with Gasteiger partial charge in [-0.15, -0.1) is 0 Å². The number of amidine groups is 1. The van der Waals surface area contributed by atoms with E-state index >= 15 is 0 Å². The summed E-state index contributed by atoms with van der Waals surface area (Å²) in [5, 5.41) is 1.22. The first-order chi connectivity index (χ1) is 12.8. The molecule has 0 amide bonds. The fourth-order valence-electron chi connectivity index (χ4n) is 3.70. The highest BCUT2D eigenvalue weighted by molar-refractivity contribution is 8.14. The highest BCUT2D eigenvalue weighted by Crippen LogP contribution is 2.33. The van der Waals surface area contributed by atoms with Gasteiger partial charge >= 0.3 is 0 Å². The second-order valence-electron chi connectivity index (χ2n) is 6.69. The summed E-state index contributed by atoms with van der Waals surface area (Å²) in [6.07, 6.45) is 1.98. The topological polar surface area (TPSA) is 34.1 Å². The standard InChI is InChI=1S/C21H24N2O2S/c1-24-17-7-3-15(4-8-17)13-19-20(23-11-12-26-21(23)22-19)14-16-5-9-18(25-2)10-6-16/h3-10,19-20H,11-14H2,1-2H3. The number of rotatable bonds is 6. The first kappa shape index (κ1) is 17.3. The van der Waals surface area contributed by atoms with Gasteiger partial charge in [-0.25, -0.2) is 0 Å². The van der Waals surface area contributed by atoms with Crippen LogP contribution in [0.3, 0.4) is 0 Å². The number of aliphatic imine (C=N–C) groups is 1. The van der Waals surface area contributed by atoms with Gasteiger partial charge in [0.1, 0.15) is 11.5 Å². The van der Waals surface area contributed by atoms with Crippen LogP contribution in [0, 0.1) is 0 Å². The number of fused-ring (bicyclic) bond motifs is 1. The predicted molar refractivity (Wildman–Crippen MR) is 108 cm³/mol. The van der Waals surface area contributed by atoms with E-state index in [0.717, 1.165) is 36.6 Å². The molecule has 2 heterocycles. The molecule has 0 saturated carbocycles. The second-order valence-corrected chi connectivity index (χ2v) is 7.75. The number of methoxy groups -OCH3 is 2. The van der Waals surface area contributed by atoms with E-state index in [4.69, 9.17) is 14.5 Å². The number of thioether (sulfide) groups is 1. The zero-order chi connectivity index (χ0) is 17.9. The summed E-state index contributed by atoms with van der Waals surface area (Å²) >= 11 is 1.89. The van der Waals surface area contributed by atoms with E-state index < -0.39 is 0 Å². The fourth-order valence-corrected chi connectivity index (χ4v) is 4.78. The van der Waals surface area contributed by atoms with Crippen molar-refractivity contribution in [2.75, 3.05) is 26.5 Å². The van der Waals surface area contributed by atoms with Gasteiger partial charge in [0, 0.05) is 12.3 Å². The van der Waals surface area contributed by atoms with Crippen LogP contribution in [0.4, 0.5) is 0 Å². The van der Waals surface area contributed by atoms with Gasteiger partial charge in [0.05, 0.1) is 26.3 Å². The van der Waals surface area contributed by atoms with Crippen molar-refractivity contribution in [3.8, 4) is 11.5 Å². The third kappa shape index (κ3) is 3.54. The molecule has 2 aliphatic heterocycles. The molecule has 1 fully saturated rings.